The maximum absolute atomic E-state index is 11.6. The van der Waals surface area contributed by atoms with Crippen molar-refractivity contribution in [2.75, 3.05) is 12.3 Å². The monoisotopic (exact) mass is 238 g/mol. The number of rotatable bonds is 4. The van der Waals surface area contributed by atoms with Crippen molar-refractivity contribution in [3.8, 4) is 0 Å². The van der Waals surface area contributed by atoms with Crippen molar-refractivity contribution >= 4 is 11.6 Å². The fourth-order valence-corrected chi connectivity index (χ4v) is 1.24. The molecule has 1 heterocycles. The van der Waals surface area contributed by atoms with Crippen molar-refractivity contribution in [3.05, 3.63) is 12.4 Å². The molecule has 0 aliphatic heterocycles. The lowest BCUT2D eigenvalue weighted by Gasteiger charge is -2.27. The number of nitrogens with two attached hydrogens (primary N) is 1. The number of aromatic nitrogens is 2. The van der Waals surface area contributed by atoms with Crippen LogP contribution >= 0.6 is 0 Å². The maximum Gasteiger partial charge on any atom is 0.241 e. The molecule has 0 aromatic carbocycles. The van der Waals surface area contributed by atoms with Gasteiger partial charge in [0.25, 0.3) is 0 Å². The van der Waals surface area contributed by atoms with Gasteiger partial charge in [0.05, 0.1) is 11.9 Å². The van der Waals surface area contributed by atoms with Crippen LogP contribution in [0.5, 0.6) is 0 Å². The highest BCUT2D eigenvalue weighted by Gasteiger charge is 2.20. The molecule has 5 heteroatoms. The van der Waals surface area contributed by atoms with Crippen LogP contribution in [-0.4, -0.2) is 22.2 Å². The summed E-state index contributed by atoms with van der Waals surface area (Å²) in [7, 11) is 0. The van der Waals surface area contributed by atoms with Gasteiger partial charge in [0.1, 0.15) is 6.54 Å². The predicted molar refractivity (Wildman–Crippen MR) is 68.3 cm³/mol. The minimum absolute atomic E-state index is 0.0378. The fraction of sp³-hybridized carbons (Fsp3) is 0.667. The molecule has 1 aromatic heterocycles. The van der Waals surface area contributed by atoms with Gasteiger partial charge in [0, 0.05) is 12.7 Å². The van der Waals surface area contributed by atoms with Crippen LogP contribution in [0.3, 0.4) is 0 Å². The van der Waals surface area contributed by atoms with Crippen LogP contribution in [0.2, 0.25) is 0 Å². The van der Waals surface area contributed by atoms with Crippen LogP contribution in [-0.2, 0) is 11.3 Å². The summed E-state index contributed by atoms with van der Waals surface area (Å²) in [6.07, 6.45) is 3.18. The highest BCUT2D eigenvalue weighted by Crippen LogP contribution is 2.24. The first-order valence-electron chi connectivity index (χ1n) is 5.83. The highest BCUT2D eigenvalue weighted by molar-refractivity contribution is 5.75. The molecule has 0 aliphatic rings. The molecule has 1 rings (SSSR count). The largest absolute Gasteiger partial charge is 0.396 e. The summed E-state index contributed by atoms with van der Waals surface area (Å²) in [6, 6.07) is 0. The normalized spacial score (nSPS) is 13.4. The number of nitrogens with zero attached hydrogens (tertiary/aromatic N) is 2. The summed E-state index contributed by atoms with van der Waals surface area (Å²) >= 11 is 0. The third-order valence-corrected chi connectivity index (χ3v) is 3.04. The van der Waals surface area contributed by atoms with Crippen LogP contribution in [0.15, 0.2) is 12.4 Å². The molecular formula is C12H22N4O. The Kier molecular flexibility index (Phi) is 4.15. The zero-order valence-electron chi connectivity index (χ0n) is 11.0. The second-order valence-corrected chi connectivity index (χ2v) is 5.54. The maximum atomic E-state index is 11.6. The molecule has 1 amide bonds. The molecule has 0 radical (unpaired) electrons. The van der Waals surface area contributed by atoms with Crippen molar-refractivity contribution < 1.29 is 4.79 Å². The lowest BCUT2D eigenvalue weighted by molar-refractivity contribution is -0.122. The van der Waals surface area contributed by atoms with Gasteiger partial charge in [-0.3, -0.25) is 9.48 Å². The molecular weight excluding hydrogens is 216 g/mol. The van der Waals surface area contributed by atoms with E-state index in [1.54, 1.807) is 6.20 Å². The molecule has 17 heavy (non-hydrogen) atoms. The molecule has 0 saturated heterocycles. The first kappa shape index (κ1) is 13.5. The van der Waals surface area contributed by atoms with E-state index < -0.39 is 0 Å². The van der Waals surface area contributed by atoms with Gasteiger partial charge in [-0.2, -0.15) is 5.10 Å². The molecule has 0 aliphatic carbocycles. The van der Waals surface area contributed by atoms with Gasteiger partial charge in [-0.05, 0) is 11.3 Å². The third kappa shape index (κ3) is 4.46. The third-order valence-electron chi connectivity index (χ3n) is 3.04. The molecule has 1 atom stereocenters. The van der Waals surface area contributed by atoms with E-state index in [-0.39, 0.29) is 17.9 Å². The summed E-state index contributed by atoms with van der Waals surface area (Å²) in [5, 5.41) is 6.87. The summed E-state index contributed by atoms with van der Waals surface area (Å²) in [6.45, 7) is 9.52. The van der Waals surface area contributed by atoms with Crippen molar-refractivity contribution in [2.45, 2.75) is 34.2 Å². The van der Waals surface area contributed by atoms with Crippen molar-refractivity contribution in [1.82, 2.24) is 15.1 Å². The molecule has 1 aromatic rings. The van der Waals surface area contributed by atoms with E-state index in [0.29, 0.717) is 18.2 Å². The van der Waals surface area contributed by atoms with Gasteiger partial charge in [0.15, 0.2) is 0 Å². The van der Waals surface area contributed by atoms with Crippen LogP contribution in [0.1, 0.15) is 27.7 Å². The Hall–Kier alpha value is -1.52. The number of nitrogens with one attached hydrogen (secondary N) is 1. The molecule has 3 N–H and O–H groups in total. The number of carbonyl (C=O) groups is 1. The molecule has 96 valence electrons. The number of carbonyl (C=O) groups excluding carboxylic acids is 1. The zero-order valence-corrected chi connectivity index (χ0v) is 11.0. The molecule has 0 fully saturated rings. The molecule has 0 bridgehead atoms. The molecule has 5 nitrogen and oxygen atoms in total. The Bertz CT molecular complexity index is 378. The van der Waals surface area contributed by atoms with Gasteiger partial charge < -0.3 is 11.1 Å². The topological polar surface area (TPSA) is 72.9 Å². The van der Waals surface area contributed by atoms with Gasteiger partial charge in [0.2, 0.25) is 5.91 Å². The van der Waals surface area contributed by atoms with E-state index >= 15 is 0 Å². The second kappa shape index (κ2) is 5.21. The Morgan fingerprint density at radius 3 is 2.71 bits per heavy atom. The van der Waals surface area contributed by atoms with Crippen molar-refractivity contribution in [3.63, 3.8) is 0 Å². The van der Waals surface area contributed by atoms with E-state index in [1.807, 2.05) is 0 Å². The lowest BCUT2D eigenvalue weighted by atomic mass is 9.82. The number of amides is 1. The van der Waals surface area contributed by atoms with E-state index in [9.17, 15) is 4.79 Å². The molecule has 1 unspecified atom stereocenters. The minimum atomic E-state index is -0.0378. The fourth-order valence-electron chi connectivity index (χ4n) is 1.24. The van der Waals surface area contributed by atoms with Crippen molar-refractivity contribution in [2.24, 2.45) is 11.3 Å². The Balaban J connectivity index is 2.36. The lowest BCUT2D eigenvalue weighted by Crippen LogP contribution is -2.35. The van der Waals surface area contributed by atoms with Gasteiger partial charge in [-0.15, -0.1) is 0 Å². The summed E-state index contributed by atoms with van der Waals surface area (Å²) in [5.74, 6) is 0.387. The Morgan fingerprint density at radius 2 is 2.24 bits per heavy atom. The van der Waals surface area contributed by atoms with Crippen LogP contribution in [0.25, 0.3) is 0 Å². The van der Waals surface area contributed by atoms with Crippen LogP contribution < -0.4 is 11.1 Å². The summed E-state index contributed by atoms with van der Waals surface area (Å²) in [4.78, 5) is 11.6. The van der Waals surface area contributed by atoms with E-state index in [0.717, 1.165) is 0 Å². The average molecular weight is 238 g/mol. The van der Waals surface area contributed by atoms with E-state index in [1.165, 1.54) is 10.9 Å². The first-order valence-corrected chi connectivity index (χ1v) is 5.83. The SMILES string of the molecule is CC(CNC(=O)Cn1cc(N)cn1)C(C)(C)C. The van der Waals surface area contributed by atoms with Crippen LogP contribution in [0, 0.1) is 11.3 Å². The average Bonchev–Trinajstić information content (AvgIpc) is 2.58. The van der Waals surface area contributed by atoms with Crippen molar-refractivity contribution in [1.29, 1.82) is 0 Å². The first-order chi connectivity index (χ1) is 7.79. The Morgan fingerprint density at radius 1 is 1.59 bits per heavy atom. The van der Waals surface area contributed by atoms with E-state index in [4.69, 9.17) is 5.73 Å². The zero-order chi connectivity index (χ0) is 13.1. The molecule has 0 spiro atoms. The van der Waals surface area contributed by atoms with Gasteiger partial charge in [-0.1, -0.05) is 27.7 Å². The van der Waals surface area contributed by atoms with E-state index in [2.05, 4.69) is 38.1 Å². The Labute approximate surface area is 102 Å². The number of hydrogen-bond acceptors (Lipinski definition) is 3. The quantitative estimate of drug-likeness (QED) is 0.829. The number of nitrogen functional groups attached to an aromatic ring is 1. The highest BCUT2D eigenvalue weighted by atomic mass is 16.2. The van der Waals surface area contributed by atoms with Crippen LogP contribution in [0.4, 0.5) is 5.69 Å². The second-order valence-electron chi connectivity index (χ2n) is 5.54. The number of anilines is 1. The summed E-state index contributed by atoms with van der Waals surface area (Å²) < 4.78 is 1.53. The molecule has 0 saturated carbocycles. The smallest absolute Gasteiger partial charge is 0.241 e. The summed E-state index contributed by atoms with van der Waals surface area (Å²) in [5.41, 5.74) is 6.29. The van der Waals surface area contributed by atoms with Gasteiger partial charge in [-0.25, -0.2) is 0 Å². The number of hydrogen-bond donors (Lipinski definition) is 2. The standard InChI is InChI=1S/C12H22N4O/c1-9(12(2,3)4)5-14-11(17)8-16-7-10(13)6-15-16/h6-7,9H,5,8,13H2,1-4H3,(H,14,17). The minimum Gasteiger partial charge on any atom is -0.396 e. The van der Waals surface area contributed by atoms with Gasteiger partial charge >= 0.3 is 0 Å². The predicted octanol–water partition coefficient (Wildman–Crippen LogP) is 1.26.